The Balaban J connectivity index is 1.38. The molecule has 1 saturated heterocycles. The summed E-state index contributed by atoms with van der Waals surface area (Å²) >= 11 is 0. The predicted molar refractivity (Wildman–Crippen MR) is 64.5 cm³/mol. The molecule has 17 heavy (non-hydrogen) atoms. The molecule has 3 rings (SSSR count). The minimum atomic E-state index is -0.465. The van der Waals surface area contributed by atoms with Crippen LogP contribution in [0.15, 0.2) is 0 Å². The number of β-amino-alcohol motifs (C(OH)–C–C–N with tert-alkyl or cyclic N) is 1. The molecule has 0 aromatic rings. The summed E-state index contributed by atoms with van der Waals surface area (Å²) in [7, 11) is 0. The Bertz CT molecular complexity index is 303. The van der Waals surface area contributed by atoms with Crippen LogP contribution in [0.2, 0.25) is 0 Å². The zero-order valence-electron chi connectivity index (χ0n) is 10.3. The third-order valence-corrected chi connectivity index (χ3v) is 4.42. The van der Waals surface area contributed by atoms with Crippen LogP contribution in [0.3, 0.4) is 0 Å². The van der Waals surface area contributed by atoms with Crippen LogP contribution in [0.5, 0.6) is 0 Å². The number of carbonyl (C=O) groups excluding carboxylic acids is 1. The Kier molecular flexibility index (Phi) is 2.87. The van der Waals surface area contributed by atoms with Gasteiger partial charge in [-0.05, 0) is 31.6 Å². The van der Waals surface area contributed by atoms with Gasteiger partial charge in [0.05, 0.1) is 12.1 Å². The second-order valence-corrected chi connectivity index (χ2v) is 6.07. The van der Waals surface area contributed by atoms with Gasteiger partial charge >= 0.3 is 0 Å². The average molecular weight is 238 g/mol. The van der Waals surface area contributed by atoms with Crippen molar-refractivity contribution >= 4 is 5.91 Å². The summed E-state index contributed by atoms with van der Waals surface area (Å²) in [5, 5.41) is 13.2. The lowest BCUT2D eigenvalue weighted by Crippen LogP contribution is -2.64. The molecule has 4 nitrogen and oxygen atoms in total. The molecule has 1 heterocycles. The van der Waals surface area contributed by atoms with E-state index in [1.165, 1.54) is 25.7 Å². The molecule has 0 atom stereocenters. The first-order valence-corrected chi connectivity index (χ1v) is 6.90. The largest absolute Gasteiger partial charge is 0.387 e. The first-order valence-electron chi connectivity index (χ1n) is 6.90. The number of rotatable bonds is 4. The van der Waals surface area contributed by atoms with E-state index in [4.69, 9.17) is 0 Å². The smallest absolute Gasteiger partial charge is 0.234 e. The van der Waals surface area contributed by atoms with E-state index in [-0.39, 0.29) is 5.91 Å². The maximum atomic E-state index is 11.8. The fraction of sp³-hybridized carbons (Fsp3) is 0.923. The van der Waals surface area contributed by atoms with E-state index >= 15 is 0 Å². The molecule has 0 aromatic heterocycles. The zero-order valence-corrected chi connectivity index (χ0v) is 10.3. The van der Waals surface area contributed by atoms with Crippen molar-refractivity contribution in [2.75, 3.05) is 19.6 Å². The maximum absolute atomic E-state index is 11.8. The van der Waals surface area contributed by atoms with Crippen molar-refractivity contribution in [3.63, 3.8) is 0 Å². The lowest BCUT2D eigenvalue weighted by molar-refractivity contribution is -0.137. The third-order valence-electron chi connectivity index (χ3n) is 4.42. The third kappa shape index (κ3) is 2.47. The molecular formula is C13H22N2O2. The second kappa shape index (κ2) is 4.25. The molecule has 3 fully saturated rings. The van der Waals surface area contributed by atoms with E-state index in [1.807, 2.05) is 0 Å². The lowest BCUT2D eigenvalue weighted by Gasteiger charge is -2.46. The number of likely N-dealkylation sites (tertiary alicyclic amines) is 1. The van der Waals surface area contributed by atoms with Gasteiger partial charge in [-0.3, -0.25) is 9.69 Å². The van der Waals surface area contributed by atoms with Crippen LogP contribution < -0.4 is 5.32 Å². The molecule has 0 unspecified atom stereocenters. The number of carbonyl (C=O) groups is 1. The highest BCUT2D eigenvalue weighted by atomic mass is 16.3. The monoisotopic (exact) mass is 238 g/mol. The standard InChI is InChI=1S/C13H22N2O2/c16-12(14-11-3-1-2-4-11)7-15-8-13(17,9-15)10-5-6-10/h10-11,17H,1-9H2,(H,14,16). The van der Waals surface area contributed by atoms with E-state index in [9.17, 15) is 9.90 Å². The first-order chi connectivity index (χ1) is 8.16. The maximum Gasteiger partial charge on any atom is 0.234 e. The van der Waals surface area contributed by atoms with Crippen LogP contribution in [-0.4, -0.2) is 47.2 Å². The fourth-order valence-corrected chi connectivity index (χ4v) is 3.27. The fourth-order valence-electron chi connectivity index (χ4n) is 3.27. The van der Waals surface area contributed by atoms with Crippen LogP contribution in [0.1, 0.15) is 38.5 Å². The van der Waals surface area contributed by atoms with Crippen molar-refractivity contribution in [2.45, 2.75) is 50.2 Å². The van der Waals surface area contributed by atoms with E-state index in [0.29, 0.717) is 31.6 Å². The quantitative estimate of drug-likeness (QED) is 0.750. The number of hydrogen-bond acceptors (Lipinski definition) is 3. The Labute approximate surface area is 102 Å². The Morgan fingerprint density at radius 3 is 2.47 bits per heavy atom. The molecule has 1 aliphatic heterocycles. The van der Waals surface area contributed by atoms with E-state index in [2.05, 4.69) is 10.2 Å². The van der Waals surface area contributed by atoms with E-state index < -0.39 is 5.60 Å². The van der Waals surface area contributed by atoms with Gasteiger partial charge in [-0.25, -0.2) is 0 Å². The van der Waals surface area contributed by atoms with Crippen molar-refractivity contribution in [1.82, 2.24) is 10.2 Å². The summed E-state index contributed by atoms with van der Waals surface area (Å²) in [5.41, 5.74) is -0.465. The summed E-state index contributed by atoms with van der Waals surface area (Å²) in [6, 6.07) is 0.408. The van der Waals surface area contributed by atoms with Gasteiger partial charge in [0, 0.05) is 19.1 Å². The van der Waals surface area contributed by atoms with Gasteiger partial charge in [-0.1, -0.05) is 12.8 Å². The Hall–Kier alpha value is -0.610. The number of nitrogens with one attached hydrogen (secondary N) is 1. The van der Waals surface area contributed by atoms with Crippen LogP contribution in [0.4, 0.5) is 0 Å². The van der Waals surface area contributed by atoms with Crippen molar-refractivity contribution in [1.29, 1.82) is 0 Å². The molecule has 0 bridgehead atoms. The Morgan fingerprint density at radius 2 is 1.88 bits per heavy atom. The molecule has 96 valence electrons. The second-order valence-electron chi connectivity index (χ2n) is 6.07. The predicted octanol–water partition coefficient (Wildman–Crippen LogP) is 0.502. The van der Waals surface area contributed by atoms with Crippen molar-refractivity contribution in [2.24, 2.45) is 5.92 Å². The van der Waals surface area contributed by atoms with Crippen LogP contribution in [0.25, 0.3) is 0 Å². The summed E-state index contributed by atoms with van der Waals surface area (Å²) in [6.45, 7) is 1.84. The van der Waals surface area contributed by atoms with Crippen LogP contribution in [0, 0.1) is 5.92 Å². The van der Waals surface area contributed by atoms with Crippen molar-refractivity contribution in [3.8, 4) is 0 Å². The minimum Gasteiger partial charge on any atom is -0.387 e. The summed E-state index contributed by atoms with van der Waals surface area (Å²) < 4.78 is 0. The SMILES string of the molecule is O=C(CN1CC(O)(C2CC2)C1)NC1CCCC1. The van der Waals surface area contributed by atoms with Gasteiger partial charge in [-0.15, -0.1) is 0 Å². The number of nitrogens with zero attached hydrogens (tertiary/aromatic N) is 1. The number of aliphatic hydroxyl groups is 1. The highest BCUT2D eigenvalue weighted by Gasteiger charge is 2.51. The highest BCUT2D eigenvalue weighted by Crippen LogP contribution is 2.44. The molecule has 0 radical (unpaired) electrons. The van der Waals surface area contributed by atoms with Crippen LogP contribution >= 0.6 is 0 Å². The van der Waals surface area contributed by atoms with Gasteiger partial charge < -0.3 is 10.4 Å². The number of hydrogen-bond donors (Lipinski definition) is 2. The van der Waals surface area contributed by atoms with Gasteiger partial charge in [-0.2, -0.15) is 0 Å². The molecule has 2 aliphatic carbocycles. The lowest BCUT2D eigenvalue weighted by atomic mass is 9.89. The summed E-state index contributed by atoms with van der Waals surface area (Å²) in [5.74, 6) is 0.645. The summed E-state index contributed by atoms with van der Waals surface area (Å²) in [4.78, 5) is 13.8. The summed E-state index contributed by atoms with van der Waals surface area (Å²) in [6.07, 6.45) is 7.10. The van der Waals surface area contributed by atoms with Gasteiger partial charge in [0.15, 0.2) is 0 Å². The van der Waals surface area contributed by atoms with E-state index in [1.54, 1.807) is 0 Å². The van der Waals surface area contributed by atoms with Crippen molar-refractivity contribution in [3.05, 3.63) is 0 Å². The first kappa shape index (κ1) is 11.5. The molecule has 4 heteroatoms. The molecule has 0 spiro atoms. The molecule has 0 aromatic carbocycles. The van der Waals surface area contributed by atoms with Gasteiger partial charge in [0.2, 0.25) is 5.91 Å². The topological polar surface area (TPSA) is 52.6 Å². The minimum absolute atomic E-state index is 0.134. The number of amides is 1. The molecule has 1 amide bonds. The normalized spacial score (nSPS) is 29.0. The Morgan fingerprint density at radius 1 is 1.24 bits per heavy atom. The van der Waals surface area contributed by atoms with E-state index in [0.717, 1.165) is 12.8 Å². The highest BCUT2D eigenvalue weighted by molar-refractivity contribution is 5.78. The molecule has 2 saturated carbocycles. The molecular weight excluding hydrogens is 216 g/mol. The van der Waals surface area contributed by atoms with Gasteiger partial charge in [0.25, 0.3) is 0 Å². The van der Waals surface area contributed by atoms with Crippen LogP contribution in [-0.2, 0) is 4.79 Å². The molecule has 3 aliphatic rings. The molecule has 2 N–H and O–H groups in total. The zero-order chi connectivity index (χ0) is 11.9. The van der Waals surface area contributed by atoms with Crippen molar-refractivity contribution < 1.29 is 9.90 Å². The average Bonchev–Trinajstić information content (AvgIpc) is 2.97. The van der Waals surface area contributed by atoms with Gasteiger partial charge in [0.1, 0.15) is 0 Å².